The number of hydrogen-bond acceptors (Lipinski definition) is 5. The Kier molecular flexibility index (Phi) is 5.05. The van der Waals surface area contributed by atoms with Gasteiger partial charge >= 0.3 is 6.03 Å². The molecule has 9 heteroatoms. The second-order valence-corrected chi connectivity index (χ2v) is 11.4. The molecule has 0 unspecified atom stereocenters. The summed E-state index contributed by atoms with van der Waals surface area (Å²) >= 11 is 1.09. The number of anilines is 1. The highest BCUT2D eigenvalue weighted by Crippen LogP contribution is 2.38. The van der Waals surface area contributed by atoms with Crippen LogP contribution in [0.4, 0.5) is 10.5 Å². The number of urea groups is 1. The van der Waals surface area contributed by atoms with Crippen molar-refractivity contribution in [3.05, 3.63) is 38.9 Å². The molecule has 2 aliphatic carbocycles. The summed E-state index contributed by atoms with van der Waals surface area (Å²) in [6.45, 7) is 4.95. The number of thiazole rings is 1. The van der Waals surface area contributed by atoms with Gasteiger partial charge in [-0.1, -0.05) is 6.07 Å². The van der Waals surface area contributed by atoms with E-state index in [4.69, 9.17) is 5.14 Å². The van der Waals surface area contributed by atoms with Crippen molar-refractivity contribution in [3.8, 4) is 0 Å². The fourth-order valence-corrected chi connectivity index (χ4v) is 6.67. The van der Waals surface area contributed by atoms with E-state index in [9.17, 15) is 14.1 Å². The summed E-state index contributed by atoms with van der Waals surface area (Å²) in [4.78, 5) is 17.6. The van der Waals surface area contributed by atoms with Crippen molar-refractivity contribution < 1.29 is 14.1 Å². The number of nitrogens with one attached hydrogen (secondary N) is 1. The van der Waals surface area contributed by atoms with Gasteiger partial charge in [-0.2, -0.15) is 0 Å². The molecule has 0 aliphatic heterocycles. The van der Waals surface area contributed by atoms with E-state index in [1.54, 1.807) is 20.8 Å². The van der Waals surface area contributed by atoms with Crippen LogP contribution in [-0.2, 0) is 41.2 Å². The minimum atomic E-state index is -3.51. The number of nitrogens with two attached hydrogens (primary N) is 1. The summed E-state index contributed by atoms with van der Waals surface area (Å²) in [6.07, 6.45) is 6.05. The van der Waals surface area contributed by atoms with Gasteiger partial charge in [0.05, 0.1) is 5.69 Å². The van der Waals surface area contributed by atoms with Crippen molar-refractivity contribution >= 4 is 33.0 Å². The number of amides is 2. The first-order chi connectivity index (χ1) is 13.6. The summed E-state index contributed by atoms with van der Waals surface area (Å²) in [5.74, 6) is 0. The van der Waals surface area contributed by atoms with Crippen molar-refractivity contribution in [2.75, 3.05) is 5.32 Å². The topological polar surface area (TPSA) is 118 Å². The van der Waals surface area contributed by atoms with Gasteiger partial charge in [0.25, 0.3) is 0 Å². The van der Waals surface area contributed by atoms with Crippen LogP contribution in [-0.4, -0.2) is 20.3 Å². The monoisotopic (exact) mass is 434 g/mol. The highest BCUT2D eigenvalue weighted by Gasteiger charge is 2.28. The Morgan fingerprint density at radius 1 is 1.24 bits per heavy atom. The number of fused-ring (bicyclic) bond motifs is 2. The Morgan fingerprint density at radius 2 is 1.83 bits per heavy atom. The molecule has 1 atom stereocenters. The van der Waals surface area contributed by atoms with Crippen LogP contribution in [0.5, 0.6) is 0 Å². The van der Waals surface area contributed by atoms with Crippen LogP contribution in [0, 0.1) is 6.92 Å². The van der Waals surface area contributed by atoms with E-state index in [-0.39, 0.29) is 4.34 Å². The minimum Gasteiger partial charge on any atom is -0.384 e. The number of rotatable bonds is 3. The third-order valence-electron chi connectivity index (χ3n) is 5.53. The number of aryl methyl sites for hydroxylation is 3. The average molecular weight is 435 g/mol. The molecule has 0 saturated heterocycles. The van der Waals surface area contributed by atoms with E-state index in [2.05, 4.69) is 20.7 Å². The quantitative estimate of drug-likeness (QED) is 0.684. The van der Waals surface area contributed by atoms with Gasteiger partial charge in [-0.3, -0.25) is 0 Å². The van der Waals surface area contributed by atoms with E-state index in [1.807, 2.05) is 0 Å². The molecular formula is C20H26N4O3S2. The van der Waals surface area contributed by atoms with Gasteiger partial charge in [0.1, 0.15) is 5.60 Å². The van der Waals surface area contributed by atoms with E-state index >= 15 is 0 Å². The molecule has 0 radical (unpaired) electrons. The molecule has 7 nitrogen and oxygen atoms in total. The van der Waals surface area contributed by atoms with Crippen LogP contribution in [0.25, 0.3) is 0 Å². The Labute approximate surface area is 175 Å². The molecule has 2 amide bonds. The molecule has 29 heavy (non-hydrogen) atoms. The van der Waals surface area contributed by atoms with Crippen molar-refractivity contribution in [1.29, 1.82) is 0 Å². The van der Waals surface area contributed by atoms with Crippen LogP contribution in [0.15, 0.2) is 14.8 Å². The molecular weight excluding hydrogens is 408 g/mol. The molecule has 156 valence electrons. The van der Waals surface area contributed by atoms with Crippen molar-refractivity contribution in [1.82, 2.24) is 4.98 Å². The maximum absolute atomic E-state index is 13.0. The summed E-state index contributed by atoms with van der Waals surface area (Å²) in [7, 11) is -3.51. The normalized spacial score (nSPS) is 17.6. The lowest BCUT2D eigenvalue weighted by atomic mass is 9.99. The van der Waals surface area contributed by atoms with E-state index in [0.717, 1.165) is 55.5 Å². The summed E-state index contributed by atoms with van der Waals surface area (Å²) in [5.41, 5.74) is 4.97. The Hall–Kier alpha value is -1.81. The number of hydrogen-bond donors (Lipinski definition) is 3. The summed E-state index contributed by atoms with van der Waals surface area (Å²) in [5, 5.41) is 19.0. The van der Waals surface area contributed by atoms with Crippen LogP contribution in [0.3, 0.4) is 0 Å². The second-order valence-electron chi connectivity index (χ2n) is 8.27. The number of carbonyl (C=O) groups is 1. The average Bonchev–Trinajstić information content (AvgIpc) is 3.31. The van der Waals surface area contributed by atoms with E-state index in [1.165, 1.54) is 22.3 Å². The number of nitrogens with zero attached hydrogens (tertiary/aromatic N) is 2. The van der Waals surface area contributed by atoms with Crippen molar-refractivity contribution in [2.45, 2.75) is 69.2 Å². The van der Waals surface area contributed by atoms with Gasteiger partial charge in [0.15, 0.2) is 9.92 Å². The predicted molar refractivity (Wildman–Crippen MR) is 115 cm³/mol. The standard InChI is InChI=1S/C20H26N4O3S2/c1-11-17(20(2,3)26)23-19(28-11)29(21,27)24-18(25)22-16-14-8-4-6-12(14)10-13-7-5-9-15(13)16/h10,26H,4-9H2,1-3H3,(H3,21,22,24,25,27)/t29-/m1/s1. The van der Waals surface area contributed by atoms with Crippen molar-refractivity contribution in [3.63, 3.8) is 0 Å². The maximum Gasteiger partial charge on any atom is 0.354 e. The molecule has 4 rings (SSSR count). The molecule has 1 aromatic heterocycles. The number of aromatic nitrogens is 1. The lowest BCUT2D eigenvalue weighted by molar-refractivity contribution is 0.0734. The largest absolute Gasteiger partial charge is 0.384 e. The van der Waals surface area contributed by atoms with Gasteiger partial charge in [-0.15, -0.1) is 15.7 Å². The molecule has 0 spiro atoms. The number of benzene rings is 1. The van der Waals surface area contributed by atoms with Gasteiger partial charge in [0.2, 0.25) is 4.34 Å². The second kappa shape index (κ2) is 7.16. The zero-order valence-electron chi connectivity index (χ0n) is 16.9. The first kappa shape index (κ1) is 20.5. The Balaban J connectivity index is 1.67. The molecule has 1 aromatic carbocycles. The zero-order valence-corrected chi connectivity index (χ0v) is 18.5. The van der Waals surface area contributed by atoms with E-state index in [0.29, 0.717) is 10.6 Å². The van der Waals surface area contributed by atoms with Gasteiger partial charge in [-0.05, 0) is 81.5 Å². The fraction of sp³-hybridized carbons (Fsp3) is 0.500. The number of aliphatic hydroxyl groups is 1. The Bertz CT molecular complexity index is 1090. The lowest BCUT2D eigenvalue weighted by Gasteiger charge is -2.15. The molecule has 0 fully saturated rings. The van der Waals surface area contributed by atoms with Crippen LogP contribution >= 0.6 is 11.3 Å². The first-order valence-electron chi connectivity index (χ1n) is 9.79. The molecule has 4 N–H and O–H groups in total. The third-order valence-corrected chi connectivity index (χ3v) is 8.29. The lowest BCUT2D eigenvalue weighted by Crippen LogP contribution is -2.20. The molecule has 2 aliphatic rings. The van der Waals surface area contributed by atoms with Crippen molar-refractivity contribution in [2.24, 2.45) is 9.50 Å². The summed E-state index contributed by atoms with van der Waals surface area (Å²) < 4.78 is 16.8. The molecule has 0 bridgehead atoms. The smallest absolute Gasteiger partial charge is 0.354 e. The van der Waals surface area contributed by atoms with Crippen LogP contribution < -0.4 is 10.5 Å². The number of carbonyl (C=O) groups excluding carboxylic acids is 1. The fourth-order valence-electron chi connectivity index (χ4n) is 4.32. The summed E-state index contributed by atoms with van der Waals surface area (Å²) in [6, 6.07) is 1.56. The molecule has 0 saturated carbocycles. The highest BCUT2D eigenvalue weighted by molar-refractivity contribution is 7.93. The van der Waals surface area contributed by atoms with Gasteiger partial charge < -0.3 is 10.4 Å². The zero-order chi connectivity index (χ0) is 21.0. The maximum atomic E-state index is 13.0. The molecule has 2 aromatic rings. The Morgan fingerprint density at radius 3 is 2.34 bits per heavy atom. The first-order valence-corrected chi connectivity index (χ1v) is 12.2. The third kappa shape index (κ3) is 3.84. The SMILES string of the molecule is Cc1sc([S@](N)(=O)=NC(=O)Nc2c3c(cc4c2CCC4)CCC3)nc1C(C)(C)O. The van der Waals surface area contributed by atoms with Gasteiger partial charge in [-0.25, -0.2) is 19.1 Å². The highest BCUT2D eigenvalue weighted by atomic mass is 32.2. The van der Waals surface area contributed by atoms with Crippen LogP contribution in [0.1, 0.15) is 59.5 Å². The van der Waals surface area contributed by atoms with Gasteiger partial charge in [0, 0.05) is 10.6 Å². The minimum absolute atomic E-state index is 0.0470. The molecule has 1 heterocycles. The van der Waals surface area contributed by atoms with E-state index < -0.39 is 21.5 Å². The van der Waals surface area contributed by atoms with Crippen LogP contribution in [0.2, 0.25) is 0 Å². The predicted octanol–water partition coefficient (Wildman–Crippen LogP) is 3.59.